The second-order valence-electron chi connectivity index (χ2n) is 4.96. The second-order valence-corrected chi connectivity index (χ2v) is 7.15. The van der Waals surface area contributed by atoms with Crippen LogP contribution in [0.4, 0.5) is 0 Å². The van der Waals surface area contributed by atoms with Crippen molar-refractivity contribution in [2.45, 2.75) is 25.9 Å². The molecule has 0 spiro atoms. The van der Waals surface area contributed by atoms with Gasteiger partial charge in [0.15, 0.2) is 9.84 Å². The van der Waals surface area contributed by atoms with Crippen molar-refractivity contribution < 1.29 is 18.3 Å². The summed E-state index contributed by atoms with van der Waals surface area (Å²) in [6, 6.07) is 3.65. The largest absolute Gasteiger partial charge is 0.496 e. The third-order valence-corrected chi connectivity index (χ3v) is 5.41. The third-order valence-electron chi connectivity index (χ3n) is 3.67. The van der Waals surface area contributed by atoms with Gasteiger partial charge in [-0.15, -0.1) is 0 Å². The Labute approximate surface area is 108 Å². The molecule has 0 bridgehead atoms. The molecule has 1 fully saturated rings. The predicted octanol–water partition coefficient (Wildman–Crippen LogP) is 1.32. The third kappa shape index (κ3) is 2.12. The number of hydrogen-bond donors (Lipinski definition) is 1. The van der Waals surface area contributed by atoms with Crippen LogP contribution in [0.15, 0.2) is 12.1 Å². The van der Waals surface area contributed by atoms with Crippen LogP contribution in [0.2, 0.25) is 0 Å². The number of hydrogen-bond acceptors (Lipinski definition) is 4. The lowest BCUT2D eigenvalue weighted by Gasteiger charge is -2.25. The number of aliphatic hydroxyl groups is 1. The molecule has 1 aromatic rings. The Balaban J connectivity index is 2.56. The Morgan fingerprint density at radius 2 is 2.00 bits per heavy atom. The summed E-state index contributed by atoms with van der Waals surface area (Å²) in [7, 11) is -1.62. The van der Waals surface area contributed by atoms with Gasteiger partial charge in [0.1, 0.15) is 11.4 Å². The van der Waals surface area contributed by atoms with E-state index in [1.165, 1.54) is 7.11 Å². The molecule has 1 aliphatic rings. The standard InChI is InChI=1S/C13H18O4S/c1-9-4-5-11(12(17-3)10(9)2)13(14)6-7-18(15,16)8-13/h4-5,14H,6-8H2,1-3H3. The molecule has 1 atom stereocenters. The average molecular weight is 270 g/mol. The summed E-state index contributed by atoms with van der Waals surface area (Å²) in [5.41, 5.74) is 1.25. The monoisotopic (exact) mass is 270 g/mol. The van der Waals surface area contributed by atoms with Crippen molar-refractivity contribution in [1.82, 2.24) is 0 Å². The second kappa shape index (κ2) is 4.24. The topological polar surface area (TPSA) is 63.6 Å². The molecule has 0 amide bonds. The van der Waals surface area contributed by atoms with Crippen molar-refractivity contribution in [3.8, 4) is 5.75 Å². The zero-order valence-corrected chi connectivity index (χ0v) is 11.7. The van der Waals surface area contributed by atoms with Gasteiger partial charge in [0.25, 0.3) is 0 Å². The summed E-state index contributed by atoms with van der Waals surface area (Å²) in [5.74, 6) is 0.396. The van der Waals surface area contributed by atoms with Crippen LogP contribution in [0.3, 0.4) is 0 Å². The molecule has 0 aliphatic carbocycles. The van der Waals surface area contributed by atoms with E-state index in [9.17, 15) is 13.5 Å². The maximum Gasteiger partial charge on any atom is 0.153 e. The van der Waals surface area contributed by atoms with Gasteiger partial charge in [-0.3, -0.25) is 0 Å². The number of benzene rings is 1. The molecule has 0 saturated carbocycles. The Bertz CT molecular complexity index is 577. The first-order valence-corrected chi connectivity index (χ1v) is 7.69. The number of sulfone groups is 1. The van der Waals surface area contributed by atoms with E-state index in [2.05, 4.69) is 0 Å². The number of aryl methyl sites for hydroxylation is 1. The summed E-state index contributed by atoms with van der Waals surface area (Å²) < 4.78 is 28.5. The van der Waals surface area contributed by atoms with Gasteiger partial charge in [-0.25, -0.2) is 8.42 Å². The van der Waals surface area contributed by atoms with E-state index in [1.807, 2.05) is 19.9 Å². The van der Waals surface area contributed by atoms with Gasteiger partial charge >= 0.3 is 0 Å². The number of ether oxygens (including phenoxy) is 1. The molecular formula is C13H18O4S. The quantitative estimate of drug-likeness (QED) is 0.880. The highest BCUT2D eigenvalue weighted by atomic mass is 32.2. The number of rotatable bonds is 2. The Hall–Kier alpha value is -1.07. The Morgan fingerprint density at radius 1 is 1.33 bits per heavy atom. The smallest absolute Gasteiger partial charge is 0.153 e. The first kappa shape index (κ1) is 13.4. The highest BCUT2D eigenvalue weighted by molar-refractivity contribution is 7.91. The normalized spacial score (nSPS) is 26.2. The zero-order valence-electron chi connectivity index (χ0n) is 10.9. The van der Waals surface area contributed by atoms with Crippen molar-refractivity contribution in [2.75, 3.05) is 18.6 Å². The van der Waals surface area contributed by atoms with Crippen molar-refractivity contribution in [2.24, 2.45) is 0 Å². The van der Waals surface area contributed by atoms with Gasteiger partial charge in [-0.05, 0) is 31.4 Å². The van der Waals surface area contributed by atoms with E-state index < -0.39 is 15.4 Å². The summed E-state index contributed by atoms with van der Waals surface area (Å²) in [5, 5.41) is 10.6. The van der Waals surface area contributed by atoms with Crippen LogP contribution in [0.25, 0.3) is 0 Å². The van der Waals surface area contributed by atoms with Crippen molar-refractivity contribution in [3.05, 3.63) is 28.8 Å². The minimum absolute atomic E-state index is 0.0274. The van der Waals surface area contributed by atoms with Gasteiger partial charge in [-0.2, -0.15) is 0 Å². The first-order chi connectivity index (χ1) is 8.29. The molecule has 1 saturated heterocycles. The molecule has 1 unspecified atom stereocenters. The van der Waals surface area contributed by atoms with E-state index in [1.54, 1.807) is 6.07 Å². The maximum atomic E-state index is 11.6. The van der Waals surface area contributed by atoms with Crippen molar-refractivity contribution in [1.29, 1.82) is 0 Å². The fraction of sp³-hybridized carbons (Fsp3) is 0.538. The van der Waals surface area contributed by atoms with Gasteiger partial charge in [0.2, 0.25) is 0 Å². The fourth-order valence-corrected chi connectivity index (χ4v) is 4.28. The van der Waals surface area contributed by atoms with E-state index in [-0.39, 0.29) is 17.9 Å². The lowest BCUT2D eigenvalue weighted by atomic mass is 9.89. The molecular weight excluding hydrogens is 252 g/mol. The molecule has 0 radical (unpaired) electrons. The molecule has 1 heterocycles. The molecule has 1 aromatic carbocycles. The lowest BCUT2D eigenvalue weighted by Crippen LogP contribution is -2.28. The van der Waals surface area contributed by atoms with E-state index in [0.29, 0.717) is 11.3 Å². The summed E-state index contributed by atoms with van der Waals surface area (Å²) in [6.07, 6.45) is 0.230. The number of methoxy groups -OCH3 is 1. The van der Waals surface area contributed by atoms with E-state index >= 15 is 0 Å². The molecule has 18 heavy (non-hydrogen) atoms. The van der Waals surface area contributed by atoms with Crippen LogP contribution in [-0.2, 0) is 15.4 Å². The van der Waals surface area contributed by atoms with Crippen LogP contribution >= 0.6 is 0 Å². The van der Waals surface area contributed by atoms with Crippen LogP contribution in [0, 0.1) is 13.8 Å². The van der Waals surface area contributed by atoms with Gasteiger partial charge in [0, 0.05) is 5.56 Å². The van der Waals surface area contributed by atoms with Crippen molar-refractivity contribution in [3.63, 3.8) is 0 Å². The van der Waals surface area contributed by atoms with Gasteiger partial charge in [0.05, 0.1) is 18.6 Å². The molecule has 0 aromatic heterocycles. The van der Waals surface area contributed by atoms with E-state index in [4.69, 9.17) is 4.74 Å². The highest BCUT2D eigenvalue weighted by Gasteiger charge is 2.43. The Morgan fingerprint density at radius 3 is 2.50 bits per heavy atom. The summed E-state index contributed by atoms with van der Waals surface area (Å²) in [6.45, 7) is 3.86. The van der Waals surface area contributed by atoms with E-state index in [0.717, 1.165) is 11.1 Å². The first-order valence-electron chi connectivity index (χ1n) is 5.86. The van der Waals surface area contributed by atoms with Crippen LogP contribution in [0.1, 0.15) is 23.1 Å². The molecule has 1 N–H and O–H groups in total. The Kier molecular flexibility index (Phi) is 3.15. The zero-order chi connectivity index (χ0) is 13.6. The molecule has 2 rings (SSSR count). The molecule has 100 valence electrons. The molecule has 1 aliphatic heterocycles. The van der Waals surface area contributed by atoms with Gasteiger partial charge in [-0.1, -0.05) is 12.1 Å². The van der Waals surface area contributed by atoms with Crippen LogP contribution in [-0.4, -0.2) is 32.1 Å². The summed E-state index contributed by atoms with van der Waals surface area (Å²) >= 11 is 0. The lowest BCUT2D eigenvalue weighted by molar-refractivity contribution is 0.0624. The minimum Gasteiger partial charge on any atom is -0.496 e. The average Bonchev–Trinajstić information content (AvgIpc) is 2.57. The molecule has 4 nitrogen and oxygen atoms in total. The maximum absolute atomic E-state index is 11.6. The summed E-state index contributed by atoms with van der Waals surface area (Å²) in [4.78, 5) is 0. The fourth-order valence-electron chi connectivity index (χ4n) is 2.46. The van der Waals surface area contributed by atoms with Crippen molar-refractivity contribution >= 4 is 9.84 Å². The predicted molar refractivity (Wildman–Crippen MR) is 69.6 cm³/mol. The van der Waals surface area contributed by atoms with Gasteiger partial charge < -0.3 is 9.84 Å². The SMILES string of the molecule is COc1c(C2(O)CCS(=O)(=O)C2)ccc(C)c1C. The van der Waals surface area contributed by atoms with Crippen LogP contribution < -0.4 is 4.74 Å². The molecule has 5 heteroatoms. The minimum atomic E-state index is -3.16. The highest BCUT2D eigenvalue weighted by Crippen LogP contribution is 2.40. The van der Waals surface area contributed by atoms with Crippen LogP contribution in [0.5, 0.6) is 5.75 Å².